The molecule has 0 bridgehead atoms. The topological polar surface area (TPSA) is 50.2 Å². The van der Waals surface area contributed by atoms with Crippen LogP contribution in [0.2, 0.25) is 0 Å². The quantitative estimate of drug-likeness (QED) is 0.722. The summed E-state index contributed by atoms with van der Waals surface area (Å²) in [5.41, 5.74) is 1.55. The Bertz CT molecular complexity index is 331. The van der Waals surface area contributed by atoms with Crippen LogP contribution in [0, 0.1) is 6.92 Å². The van der Waals surface area contributed by atoms with E-state index in [1.807, 2.05) is 0 Å². The van der Waals surface area contributed by atoms with Gasteiger partial charge in [0.05, 0.1) is 0 Å². The van der Waals surface area contributed by atoms with Crippen molar-refractivity contribution in [2.75, 3.05) is 0 Å². The molecule has 0 aromatic carbocycles. The average molecular weight is 163 g/mol. The van der Waals surface area contributed by atoms with Crippen LogP contribution in [0.15, 0.2) is 18.8 Å². The number of rotatable bonds is 2. The molecule has 1 aromatic rings. The predicted octanol–water partition coefficient (Wildman–Crippen LogP) is 1.73. The molecule has 0 aliphatic carbocycles. The minimum Gasteiger partial charge on any atom is -0.477 e. The zero-order valence-corrected chi connectivity index (χ0v) is 6.74. The Balaban J connectivity index is 3.32. The molecule has 3 heteroatoms. The lowest BCUT2D eigenvalue weighted by atomic mass is 10.1. The van der Waals surface area contributed by atoms with Crippen LogP contribution in [0.4, 0.5) is 0 Å². The summed E-state index contributed by atoms with van der Waals surface area (Å²) in [5, 5.41) is 8.69. The van der Waals surface area contributed by atoms with E-state index in [-0.39, 0.29) is 5.69 Å². The third-order valence-corrected chi connectivity index (χ3v) is 1.67. The summed E-state index contributed by atoms with van der Waals surface area (Å²) in [5.74, 6) is -1.00. The molecule has 1 heterocycles. The van der Waals surface area contributed by atoms with Crippen molar-refractivity contribution < 1.29 is 9.90 Å². The molecule has 0 aliphatic heterocycles. The van der Waals surface area contributed by atoms with E-state index in [4.69, 9.17) is 5.11 Å². The molecule has 3 nitrogen and oxygen atoms in total. The van der Waals surface area contributed by atoms with Gasteiger partial charge in [0.15, 0.2) is 5.69 Å². The van der Waals surface area contributed by atoms with Gasteiger partial charge in [0, 0.05) is 6.20 Å². The number of pyridine rings is 1. The van der Waals surface area contributed by atoms with Crippen LogP contribution >= 0.6 is 0 Å². The third-order valence-electron chi connectivity index (χ3n) is 1.67. The summed E-state index contributed by atoms with van der Waals surface area (Å²) in [4.78, 5) is 14.3. The summed E-state index contributed by atoms with van der Waals surface area (Å²) >= 11 is 0. The fourth-order valence-corrected chi connectivity index (χ4v) is 0.987. The molecule has 0 fully saturated rings. The smallest absolute Gasteiger partial charge is 0.354 e. The number of hydrogen-bond acceptors (Lipinski definition) is 2. The molecule has 0 aliphatic rings. The summed E-state index contributed by atoms with van der Waals surface area (Å²) in [6.07, 6.45) is 3.08. The molecule has 1 aromatic heterocycles. The second-order valence-corrected chi connectivity index (χ2v) is 2.38. The van der Waals surface area contributed by atoms with Crippen molar-refractivity contribution >= 4 is 12.0 Å². The fraction of sp³-hybridized carbons (Fsp3) is 0.111. The van der Waals surface area contributed by atoms with Crippen LogP contribution in [0.5, 0.6) is 0 Å². The van der Waals surface area contributed by atoms with E-state index in [1.54, 1.807) is 19.1 Å². The van der Waals surface area contributed by atoms with Crippen molar-refractivity contribution in [3.63, 3.8) is 0 Å². The lowest BCUT2D eigenvalue weighted by Gasteiger charge is -2.01. The first-order chi connectivity index (χ1) is 5.66. The summed E-state index contributed by atoms with van der Waals surface area (Å²) < 4.78 is 0. The Morgan fingerprint density at radius 3 is 2.92 bits per heavy atom. The van der Waals surface area contributed by atoms with E-state index >= 15 is 0 Å². The monoisotopic (exact) mass is 163 g/mol. The van der Waals surface area contributed by atoms with Crippen molar-refractivity contribution in [3.8, 4) is 0 Å². The molecule has 12 heavy (non-hydrogen) atoms. The van der Waals surface area contributed by atoms with Gasteiger partial charge >= 0.3 is 5.97 Å². The van der Waals surface area contributed by atoms with E-state index in [0.29, 0.717) is 5.56 Å². The van der Waals surface area contributed by atoms with Gasteiger partial charge in [-0.15, -0.1) is 0 Å². The lowest BCUT2D eigenvalue weighted by molar-refractivity contribution is 0.0689. The van der Waals surface area contributed by atoms with Crippen LogP contribution in [-0.4, -0.2) is 16.1 Å². The maximum atomic E-state index is 10.6. The largest absolute Gasteiger partial charge is 0.477 e. The molecule has 62 valence electrons. The number of carboxylic acids is 1. The number of aromatic nitrogens is 1. The Labute approximate surface area is 70.4 Å². The Morgan fingerprint density at radius 2 is 2.42 bits per heavy atom. The average Bonchev–Trinajstić information content (AvgIpc) is 2.04. The molecule has 1 N–H and O–H groups in total. The van der Waals surface area contributed by atoms with Gasteiger partial charge in [-0.3, -0.25) is 0 Å². The summed E-state index contributed by atoms with van der Waals surface area (Å²) in [6, 6.07) is 1.73. The van der Waals surface area contributed by atoms with Crippen LogP contribution in [0.3, 0.4) is 0 Å². The highest BCUT2D eigenvalue weighted by atomic mass is 16.4. The predicted molar refractivity (Wildman–Crippen MR) is 46.0 cm³/mol. The molecule has 0 unspecified atom stereocenters. The van der Waals surface area contributed by atoms with Crippen molar-refractivity contribution in [2.24, 2.45) is 0 Å². The highest BCUT2D eigenvalue weighted by Crippen LogP contribution is 2.11. The second-order valence-electron chi connectivity index (χ2n) is 2.38. The van der Waals surface area contributed by atoms with Gasteiger partial charge in [-0.1, -0.05) is 12.7 Å². The van der Waals surface area contributed by atoms with Crippen LogP contribution < -0.4 is 0 Å². The number of carboxylic acid groups (broad SMARTS) is 1. The number of aromatic carboxylic acids is 1. The van der Waals surface area contributed by atoms with Crippen LogP contribution in [0.1, 0.15) is 21.6 Å². The van der Waals surface area contributed by atoms with Crippen molar-refractivity contribution in [2.45, 2.75) is 6.92 Å². The Kier molecular flexibility index (Phi) is 2.24. The molecule has 1 rings (SSSR count). The minimum absolute atomic E-state index is 0.0902. The summed E-state index contributed by atoms with van der Waals surface area (Å²) in [7, 11) is 0. The third kappa shape index (κ3) is 1.34. The highest BCUT2D eigenvalue weighted by molar-refractivity contribution is 5.88. The zero-order chi connectivity index (χ0) is 9.14. The second kappa shape index (κ2) is 3.17. The molecule has 0 saturated heterocycles. The van der Waals surface area contributed by atoms with Gasteiger partial charge in [-0.05, 0) is 24.1 Å². The molecule has 0 saturated carbocycles. The van der Waals surface area contributed by atoms with Crippen molar-refractivity contribution in [1.29, 1.82) is 0 Å². The van der Waals surface area contributed by atoms with Gasteiger partial charge in [0.2, 0.25) is 0 Å². The van der Waals surface area contributed by atoms with Gasteiger partial charge in [0.25, 0.3) is 0 Å². The number of hydrogen-bond donors (Lipinski definition) is 1. The molecule has 0 radical (unpaired) electrons. The van der Waals surface area contributed by atoms with E-state index in [1.165, 1.54) is 6.20 Å². The SMILES string of the molecule is C=Cc1ccnc(C(=O)O)c1C. The Morgan fingerprint density at radius 1 is 1.75 bits per heavy atom. The van der Waals surface area contributed by atoms with Gasteiger partial charge in [-0.25, -0.2) is 9.78 Å². The zero-order valence-electron chi connectivity index (χ0n) is 6.74. The van der Waals surface area contributed by atoms with Crippen molar-refractivity contribution in [1.82, 2.24) is 4.98 Å². The molecule has 0 atom stereocenters. The van der Waals surface area contributed by atoms with E-state index in [0.717, 1.165) is 5.56 Å². The summed E-state index contributed by atoms with van der Waals surface area (Å²) in [6.45, 7) is 5.29. The first kappa shape index (κ1) is 8.46. The highest BCUT2D eigenvalue weighted by Gasteiger charge is 2.09. The molecular formula is C9H9NO2. The van der Waals surface area contributed by atoms with Crippen LogP contribution in [0.25, 0.3) is 6.08 Å². The first-order valence-electron chi connectivity index (χ1n) is 3.48. The van der Waals surface area contributed by atoms with E-state index < -0.39 is 5.97 Å². The molecular weight excluding hydrogens is 154 g/mol. The Hall–Kier alpha value is -1.64. The van der Waals surface area contributed by atoms with Crippen molar-refractivity contribution in [3.05, 3.63) is 35.7 Å². The van der Waals surface area contributed by atoms with Crippen LogP contribution in [-0.2, 0) is 0 Å². The van der Waals surface area contributed by atoms with E-state index in [9.17, 15) is 4.79 Å². The number of carbonyl (C=O) groups is 1. The standard InChI is InChI=1S/C9H9NO2/c1-3-7-4-5-10-8(6(7)2)9(11)12/h3-5H,1H2,2H3,(H,11,12). The maximum absolute atomic E-state index is 10.6. The number of nitrogens with zero attached hydrogens (tertiary/aromatic N) is 1. The van der Waals surface area contributed by atoms with E-state index in [2.05, 4.69) is 11.6 Å². The first-order valence-corrected chi connectivity index (χ1v) is 3.48. The molecule has 0 amide bonds. The molecule has 0 spiro atoms. The normalized spacial score (nSPS) is 9.42. The fourth-order valence-electron chi connectivity index (χ4n) is 0.987. The minimum atomic E-state index is -1.00. The maximum Gasteiger partial charge on any atom is 0.354 e. The van der Waals surface area contributed by atoms with Gasteiger partial charge in [0.1, 0.15) is 0 Å². The van der Waals surface area contributed by atoms with Gasteiger partial charge < -0.3 is 5.11 Å². The lowest BCUT2D eigenvalue weighted by Crippen LogP contribution is -2.03. The van der Waals surface area contributed by atoms with Gasteiger partial charge in [-0.2, -0.15) is 0 Å².